The van der Waals surface area contributed by atoms with Gasteiger partial charge in [-0.2, -0.15) is 0 Å². The summed E-state index contributed by atoms with van der Waals surface area (Å²) in [6, 6.07) is 10.6. The molecule has 0 unspecified atom stereocenters. The molecule has 0 atom stereocenters. The number of aromatic hydroxyl groups is 2. The van der Waals surface area contributed by atoms with Crippen molar-refractivity contribution < 1.29 is 14.6 Å². The maximum absolute atomic E-state index is 12.8. The average molecular weight is 204 g/mol. The molecule has 3 heteroatoms. The van der Waals surface area contributed by atoms with Gasteiger partial charge in [0.2, 0.25) is 0 Å². The molecule has 0 amide bonds. The summed E-state index contributed by atoms with van der Waals surface area (Å²) in [6.45, 7) is 0. The first-order valence-corrected chi connectivity index (χ1v) is 4.45. The third-order valence-corrected chi connectivity index (χ3v) is 2.16. The van der Waals surface area contributed by atoms with Crippen LogP contribution in [0.2, 0.25) is 0 Å². The Morgan fingerprint density at radius 1 is 0.867 bits per heavy atom. The van der Waals surface area contributed by atoms with E-state index in [1.165, 1.54) is 18.2 Å². The van der Waals surface area contributed by atoms with Crippen molar-refractivity contribution >= 4 is 0 Å². The summed E-state index contributed by atoms with van der Waals surface area (Å²) in [5.41, 5.74) is 1.14. The highest BCUT2D eigenvalue weighted by molar-refractivity contribution is 5.70. The standard InChI is InChI=1S/C12H9FO2/c13-10-6-5-8(7-12(10)15)9-3-1-2-4-11(9)14/h1-7,14-15H. The summed E-state index contributed by atoms with van der Waals surface area (Å²) in [7, 11) is 0. The van der Waals surface area contributed by atoms with Gasteiger partial charge in [0.15, 0.2) is 11.6 Å². The van der Waals surface area contributed by atoms with Gasteiger partial charge in [0, 0.05) is 5.56 Å². The van der Waals surface area contributed by atoms with E-state index in [-0.39, 0.29) is 5.75 Å². The quantitative estimate of drug-likeness (QED) is 0.749. The van der Waals surface area contributed by atoms with E-state index in [1.54, 1.807) is 18.2 Å². The maximum atomic E-state index is 12.8. The van der Waals surface area contributed by atoms with Crippen molar-refractivity contribution in [1.82, 2.24) is 0 Å². The molecule has 0 aliphatic carbocycles. The van der Waals surface area contributed by atoms with Crippen LogP contribution < -0.4 is 0 Å². The van der Waals surface area contributed by atoms with Gasteiger partial charge >= 0.3 is 0 Å². The van der Waals surface area contributed by atoms with Crippen LogP contribution in [0.15, 0.2) is 42.5 Å². The fraction of sp³-hybridized carbons (Fsp3) is 0. The van der Waals surface area contributed by atoms with Crippen LogP contribution in [-0.2, 0) is 0 Å². The monoisotopic (exact) mass is 204 g/mol. The van der Waals surface area contributed by atoms with Crippen LogP contribution in [0.1, 0.15) is 0 Å². The molecule has 0 aromatic heterocycles. The molecule has 15 heavy (non-hydrogen) atoms. The minimum atomic E-state index is -0.672. The Balaban J connectivity index is 2.55. The first-order valence-electron chi connectivity index (χ1n) is 4.45. The van der Waals surface area contributed by atoms with Gasteiger partial charge in [0.05, 0.1) is 0 Å². The van der Waals surface area contributed by atoms with E-state index in [0.29, 0.717) is 11.1 Å². The van der Waals surface area contributed by atoms with E-state index in [9.17, 15) is 14.6 Å². The van der Waals surface area contributed by atoms with Crippen LogP contribution in [0.4, 0.5) is 4.39 Å². The summed E-state index contributed by atoms with van der Waals surface area (Å²) in [5.74, 6) is -0.992. The molecule has 76 valence electrons. The molecule has 0 aliphatic heterocycles. The molecule has 2 rings (SSSR count). The van der Waals surface area contributed by atoms with Gasteiger partial charge in [-0.15, -0.1) is 0 Å². The zero-order valence-electron chi connectivity index (χ0n) is 7.81. The van der Waals surface area contributed by atoms with Crippen LogP contribution >= 0.6 is 0 Å². The van der Waals surface area contributed by atoms with Gasteiger partial charge in [0.1, 0.15) is 5.75 Å². The number of benzene rings is 2. The third kappa shape index (κ3) is 1.76. The molecular formula is C12H9FO2. The fourth-order valence-electron chi connectivity index (χ4n) is 1.40. The van der Waals surface area contributed by atoms with Crippen molar-refractivity contribution in [2.75, 3.05) is 0 Å². The highest BCUT2D eigenvalue weighted by atomic mass is 19.1. The van der Waals surface area contributed by atoms with Crippen LogP contribution in [0.5, 0.6) is 11.5 Å². The Morgan fingerprint density at radius 2 is 1.60 bits per heavy atom. The lowest BCUT2D eigenvalue weighted by atomic mass is 10.0. The number of para-hydroxylation sites is 1. The number of halogens is 1. The molecule has 0 spiro atoms. The van der Waals surface area contributed by atoms with Crippen molar-refractivity contribution in [1.29, 1.82) is 0 Å². The zero-order chi connectivity index (χ0) is 10.8. The van der Waals surface area contributed by atoms with Gasteiger partial charge in [-0.3, -0.25) is 0 Å². The van der Waals surface area contributed by atoms with E-state index in [1.807, 2.05) is 0 Å². The largest absolute Gasteiger partial charge is 0.507 e. The molecule has 0 fully saturated rings. The third-order valence-electron chi connectivity index (χ3n) is 2.16. The molecule has 0 aliphatic rings. The summed E-state index contributed by atoms with van der Waals surface area (Å²) < 4.78 is 12.8. The van der Waals surface area contributed by atoms with Crippen molar-refractivity contribution in [3.8, 4) is 22.6 Å². The molecule has 2 N–H and O–H groups in total. The number of rotatable bonds is 1. The normalized spacial score (nSPS) is 10.2. The second kappa shape index (κ2) is 3.61. The minimum absolute atomic E-state index is 0.100. The second-order valence-electron chi connectivity index (χ2n) is 3.18. The smallest absolute Gasteiger partial charge is 0.164 e. The lowest BCUT2D eigenvalue weighted by Crippen LogP contribution is -1.81. The van der Waals surface area contributed by atoms with E-state index >= 15 is 0 Å². The molecule has 2 aromatic carbocycles. The molecule has 0 saturated carbocycles. The Hall–Kier alpha value is -2.03. The molecule has 0 radical (unpaired) electrons. The summed E-state index contributed by atoms with van der Waals surface area (Å²) in [6.07, 6.45) is 0. The van der Waals surface area contributed by atoms with Gasteiger partial charge in [-0.1, -0.05) is 24.3 Å². The summed E-state index contributed by atoms with van der Waals surface area (Å²) in [4.78, 5) is 0. The van der Waals surface area contributed by atoms with Gasteiger partial charge in [0.25, 0.3) is 0 Å². The van der Waals surface area contributed by atoms with Crippen molar-refractivity contribution in [3.63, 3.8) is 0 Å². The lowest BCUT2D eigenvalue weighted by Gasteiger charge is -2.05. The second-order valence-corrected chi connectivity index (χ2v) is 3.18. The highest BCUT2D eigenvalue weighted by Gasteiger charge is 2.06. The van der Waals surface area contributed by atoms with E-state index in [4.69, 9.17) is 0 Å². The van der Waals surface area contributed by atoms with E-state index < -0.39 is 11.6 Å². The number of phenolic OH excluding ortho intramolecular Hbond substituents is 2. The fourth-order valence-corrected chi connectivity index (χ4v) is 1.40. The summed E-state index contributed by atoms with van der Waals surface area (Å²) in [5, 5.41) is 18.7. The van der Waals surface area contributed by atoms with Crippen LogP contribution in [0, 0.1) is 5.82 Å². The topological polar surface area (TPSA) is 40.5 Å². The Bertz CT molecular complexity index is 495. The van der Waals surface area contributed by atoms with Crippen LogP contribution in [-0.4, -0.2) is 10.2 Å². The molecule has 2 aromatic rings. The average Bonchev–Trinajstić information content (AvgIpc) is 2.23. The van der Waals surface area contributed by atoms with Gasteiger partial charge < -0.3 is 10.2 Å². The Kier molecular flexibility index (Phi) is 2.29. The molecular weight excluding hydrogens is 195 g/mol. The molecule has 2 nitrogen and oxygen atoms in total. The zero-order valence-corrected chi connectivity index (χ0v) is 7.81. The number of hydrogen-bond donors (Lipinski definition) is 2. The Morgan fingerprint density at radius 3 is 2.27 bits per heavy atom. The highest BCUT2D eigenvalue weighted by Crippen LogP contribution is 2.31. The van der Waals surface area contributed by atoms with Gasteiger partial charge in [-0.05, 0) is 23.8 Å². The molecule has 0 saturated heterocycles. The first kappa shape index (κ1) is 9.52. The number of hydrogen-bond acceptors (Lipinski definition) is 2. The predicted molar refractivity (Wildman–Crippen MR) is 55.2 cm³/mol. The van der Waals surface area contributed by atoms with Crippen LogP contribution in [0.25, 0.3) is 11.1 Å². The Labute approximate surface area is 86.2 Å². The van der Waals surface area contributed by atoms with Crippen molar-refractivity contribution in [2.45, 2.75) is 0 Å². The van der Waals surface area contributed by atoms with Crippen molar-refractivity contribution in [3.05, 3.63) is 48.3 Å². The first-order chi connectivity index (χ1) is 7.18. The SMILES string of the molecule is Oc1cc(-c2ccccc2O)ccc1F. The number of phenols is 2. The van der Waals surface area contributed by atoms with E-state index in [0.717, 1.165) is 6.07 Å². The maximum Gasteiger partial charge on any atom is 0.164 e. The molecule has 0 bridgehead atoms. The lowest BCUT2D eigenvalue weighted by molar-refractivity contribution is 0.432. The van der Waals surface area contributed by atoms with E-state index in [2.05, 4.69) is 0 Å². The van der Waals surface area contributed by atoms with Gasteiger partial charge in [-0.25, -0.2) is 4.39 Å². The van der Waals surface area contributed by atoms with Crippen LogP contribution in [0.3, 0.4) is 0 Å². The van der Waals surface area contributed by atoms with Crippen molar-refractivity contribution in [2.24, 2.45) is 0 Å². The summed E-state index contributed by atoms with van der Waals surface area (Å²) >= 11 is 0. The molecule has 0 heterocycles. The predicted octanol–water partition coefficient (Wildman–Crippen LogP) is 2.90. The minimum Gasteiger partial charge on any atom is -0.507 e.